The quantitative estimate of drug-likeness (QED) is 0.0231. The molecular formula is C127H148F4. The summed E-state index contributed by atoms with van der Waals surface area (Å²) >= 11 is 0. The van der Waals surface area contributed by atoms with E-state index in [2.05, 4.69) is 242 Å². The predicted octanol–water partition coefficient (Wildman–Crippen LogP) is 38.4. The van der Waals surface area contributed by atoms with Crippen molar-refractivity contribution in [3.05, 3.63) is 335 Å². The molecule has 0 aliphatic heterocycles. The van der Waals surface area contributed by atoms with Crippen molar-refractivity contribution in [2.24, 2.45) is 23.7 Å². The van der Waals surface area contributed by atoms with Crippen LogP contribution < -0.4 is 0 Å². The highest BCUT2D eigenvalue weighted by Crippen LogP contribution is 2.45. The van der Waals surface area contributed by atoms with Gasteiger partial charge in [0.25, 0.3) is 0 Å². The summed E-state index contributed by atoms with van der Waals surface area (Å²) in [5, 5.41) is 0. The Morgan fingerprint density at radius 1 is 0.229 bits per heavy atom. The topological polar surface area (TPSA) is 0 Å². The lowest BCUT2D eigenvalue weighted by Crippen LogP contribution is -2.13. The van der Waals surface area contributed by atoms with Gasteiger partial charge in [-0.15, -0.1) is 0 Å². The maximum Gasteiger partial charge on any atom is 0.131 e. The highest BCUT2D eigenvalue weighted by Gasteiger charge is 2.28. The fourth-order valence-electron chi connectivity index (χ4n) is 21.2. The van der Waals surface area contributed by atoms with Gasteiger partial charge in [-0.2, -0.15) is 0 Å². The molecule has 4 heteroatoms. The van der Waals surface area contributed by atoms with Crippen LogP contribution >= 0.6 is 0 Å². The van der Waals surface area contributed by atoms with Gasteiger partial charge in [-0.25, -0.2) is 17.6 Å². The molecule has 684 valence electrons. The van der Waals surface area contributed by atoms with Crippen LogP contribution in [0.15, 0.2) is 267 Å². The number of halogens is 4. The average molecular weight is 1750 g/mol. The molecule has 0 aromatic heterocycles. The Hall–Kier alpha value is -10.5. The van der Waals surface area contributed by atoms with E-state index in [0.29, 0.717) is 45.9 Å². The third-order valence-corrected chi connectivity index (χ3v) is 29.2. The molecule has 0 bridgehead atoms. The second-order valence-electron chi connectivity index (χ2n) is 38.6. The van der Waals surface area contributed by atoms with Crippen LogP contribution in [0.5, 0.6) is 0 Å². The summed E-state index contributed by atoms with van der Waals surface area (Å²) in [6.07, 6.45) is 45.7. The largest absolute Gasteiger partial charge is 0.206 e. The molecule has 0 N–H and O–H groups in total. The maximum absolute atomic E-state index is 15.1. The molecule has 0 spiro atoms. The van der Waals surface area contributed by atoms with Crippen LogP contribution in [0.1, 0.15) is 330 Å². The van der Waals surface area contributed by atoms with Gasteiger partial charge < -0.3 is 0 Å². The first kappa shape index (κ1) is 98.0. The molecule has 0 nitrogen and oxygen atoms in total. The van der Waals surface area contributed by atoms with Gasteiger partial charge in [0, 0.05) is 29.2 Å². The van der Waals surface area contributed by atoms with Gasteiger partial charge in [0.2, 0.25) is 0 Å². The third kappa shape index (κ3) is 28.5. The summed E-state index contributed by atoms with van der Waals surface area (Å²) in [5.41, 5.74) is 25.0. The number of aryl methyl sites for hydroxylation is 3. The van der Waals surface area contributed by atoms with Gasteiger partial charge in [-0.05, 0) is 330 Å². The number of benzene rings is 12. The monoisotopic (exact) mass is 1750 g/mol. The lowest BCUT2D eigenvalue weighted by molar-refractivity contribution is 0.303. The van der Waals surface area contributed by atoms with E-state index in [1.807, 2.05) is 72.8 Å². The zero-order valence-electron chi connectivity index (χ0n) is 80.3. The molecule has 0 amide bonds. The van der Waals surface area contributed by atoms with Crippen molar-refractivity contribution in [3.63, 3.8) is 0 Å². The highest BCUT2D eigenvalue weighted by molar-refractivity contribution is 5.76. The van der Waals surface area contributed by atoms with E-state index in [1.54, 1.807) is 31.2 Å². The summed E-state index contributed by atoms with van der Waals surface area (Å²) in [5.74, 6) is 17.1. The van der Waals surface area contributed by atoms with Crippen molar-refractivity contribution in [2.75, 3.05) is 0 Å². The summed E-state index contributed by atoms with van der Waals surface area (Å²) < 4.78 is 60.2. The Labute approximate surface area is 788 Å². The van der Waals surface area contributed by atoms with E-state index in [-0.39, 0.29) is 24.7 Å². The van der Waals surface area contributed by atoms with Crippen LogP contribution in [0.3, 0.4) is 0 Å². The minimum Gasteiger partial charge on any atom is -0.206 e. The standard InChI is InChI=1S/C34H35F.C32H39F.C31H37F.C30H35F.H2/c1-3-5-7-9-26-11-15-28(16-12-26)29-19-21-31(22-20-29)33-24-23-32(25-34(33)35)30-17-13-27(14-18-30)10-8-6-4-2;1-3-5-6-8-25-11-13-26(14-12-25)27-17-19-29(20-18-27)31-22-21-30(23-32(31)33)28-15-9-24(7-4-2)10-16-28;1-3-5-7-24-10-12-25(13-11-24)26-16-18-28(19-17-26)30-21-20-29(22-31(30)32)27-14-8-23(6-4-2)9-15-27;1-3-5-22-7-11-24(12-8-22)25-15-17-27(18-16-25)29-20-19-28(21-30(29)31)26-13-9-23(6-4-2)10-14-26;/h13-14,17-26,28H,3,5,7,9,11-12,15-16H2,1-2H3;9-10,15-23,25-26H,3-8,11-14H2,1-2H3;8-9,14-22,24-25H,3-7,10-13H2,1-2H3;9-10,13-22,24H,3-8,11-12H2,1-2H3;1H. The molecule has 4 fully saturated rings. The molecule has 131 heavy (non-hydrogen) atoms. The van der Waals surface area contributed by atoms with Gasteiger partial charge in [-0.3, -0.25) is 0 Å². The van der Waals surface area contributed by atoms with Gasteiger partial charge in [-0.1, -0.05) is 394 Å². The molecule has 12 aromatic carbocycles. The van der Waals surface area contributed by atoms with Crippen LogP contribution in [0.2, 0.25) is 0 Å². The SMILES string of the molecule is CC#CC#Cc1ccc(-c2ccc(-c3ccc(C4CCC(CCCCC)CC4)cc3)c(F)c2)cc1.CCCCC1CCC(c2ccc(-c3ccc(-c4ccc(CCC)cc4)cc3F)cc2)CC1.CCCCCC1CCC(c2ccc(-c3ccc(-c4ccc(CCC)cc4)cc3F)cc2)CC1.CCCc1ccc(-c2ccc(-c3ccc(C4CCC(CCC)CC4)cc3)c(F)c2)cc1.[HH]. The third-order valence-electron chi connectivity index (χ3n) is 29.2. The van der Waals surface area contributed by atoms with E-state index in [1.165, 1.54) is 225 Å². The Balaban J connectivity index is 0.000000159. The second-order valence-corrected chi connectivity index (χ2v) is 38.6. The van der Waals surface area contributed by atoms with E-state index in [0.717, 1.165) is 135 Å². The first-order valence-electron chi connectivity index (χ1n) is 51.1. The minimum atomic E-state index is -0.190. The Morgan fingerprint density at radius 3 is 0.702 bits per heavy atom. The molecule has 0 saturated heterocycles. The Kier molecular flexibility index (Phi) is 38.5. The summed E-state index contributed by atoms with van der Waals surface area (Å²) in [6.45, 7) is 17.5. The summed E-state index contributed by atoms with van der Waals surface area (Å²) in [7, 11) is 0. The van der Waals surface area contributed by atoms with Crippen LogP contribution in [0, 0.1) is 70.6 Å². The van der Waals surface area contributed by atoms with Crippen LogP contribution in [0.4, 0.5) is 17.6 Å². The minimum absolute atomic E-state index is 0. The highest BCUT2D eigenvalue weighted by atomic mass is 19.1. The fraction of sp³-hybridized carbons (Fsp3) is 0.402. The first-order valence-corrected chi connectivity index (χ1v) is 51.1. The molecule has 4 aliphatic carbocycles. The van der Waals surface area contributed by atoms with Gasteiger partial charge in [0.1, 0.15) is 23.3 Å². The van der Waals surface area contributed by atoms with E-state index >= 15 is 13.2 Å². The smallest absolute Gasteiger partial charge is 0.131 e. The predicted molar refractivity (Wildman–Crippen MR) is 555 cm³/mol. The van der Waals surface area contributed by atoms with Crippen LogP contribution in [-0.2, 0) is 19.3 Å². The van der Waals surface area contributed by atoms with Crippen molar-refractivity contribution in [3.8, 4) is 113 Å². The summed E-state index contributed by atoms with van der Waals surface area (Å²) in [6, 6.07) is 90.5. The number of rotatable bonds is 31. The van der Waals surface area contributed by atoms with Gasteiger partial charge in [0.15, 0.2) is 0 Å². The Bertz CT molecular complexity index is 5550. The maximum atomic E-state index is 15.1. The molecule has 0 atom stereocenters. The molecule has 0 heterocycles. The normalized spacial score (nSPS) is 18.2. The summed E-state index contributed by atoms with van der Waals surface area (Å²) in [4.78, 5) is 0. The zero-order chi connectivity index (χ0) is 91.5. The number of hydrogen-bond donors (Lipinski definition) is 0. The van der Waals surface area contributed by atoms with Crippen molar-refractivity contribution in [1.82, 2.24) is 0 Å². The zero-order valence-corrected chi connectivity index (χ0v) is 80.3. The molecule has 0 radical (unpaired) electrons. The second kappa shape index (κ2) is 51.5. The van der Waals surface area contributed by atoms with Crippen LogP contribution in [0.25, 0.3) is 89.0 Å². The molecule has 16 rings (SSSR count). The number of hydrogen-bond acceptors (Lipinski definition) is 0. The lowest BCUT2D eigenvalue weighted by Gasteiger charge is -2.29. The first-order chi connectivity index (χ1) is 64.2. The van der Waals surface area contributed by atoms with Gasteiger partial charge in [0.05, 0.1) is 0 Å². The molecule has 4 saturated carbocycles. The van der Waals surface area contributed by atoms with E-state index in [9.17, 15) is 4.39 Å². The van der Waals surface area contributed by atoms with Crippen molar-refractivity contribution in [1.29, 1.82) is 0 Å². The molecule has 0 unspecified atom stereocenters. The molecule has 4 aliphatic rings. The molecular weight excluding hydrogens is 1600 g/mol. The van der Waals surface area contributed by atoms with Crippen molar-refractivity contribution >= 4 is 0 Å². The number of unbranched alkanes of at least 4 members (excludes halogenated alkanes) is 5. The van der Waals surface area contributed by atoms with Gasteiger partial charge >= 0.3 is 0 Å². The van der Waals surface area contributed by atoms with E-state index in [4.69, 9.17) is 0 Å². The fourth-order valence-corrected chi connectivity index (χ4v) is 21.2. The lowest BCUT2D eigenvalue weighted by atomic mass is 9.77. The van der Waals surface area contributed by atoms with Crippen LogP contribution in [-0.4, -0.2) is 0 Å². The van der Waals surface area contributed by atoms with E-state index < -0.39 is 0 Å². The average Bonchev–Trinajstić information content (AvgIpc) is 0.818. The van der Waals surface area contributed by atoms with Crippen molar-refractivity contribution < 1.29 is 19.0 Å². The molecule has 12 aromatic rings. The Morgan fingerprint density at radius 2 is 0.466 bits per heavy atom. The van der Waals surface area contributed by atoms with Crippen molar-refractivity contribution in [2.45, 2.75) is 304 Å².